The zero-order valence-corrected chi connectivity index (χ0v) is 19.1. The zero-order chi connectivity index (χ0) is 23.0. The molecule has 0 bridgehead atoms. The summed E-state index contributed by atoms with van der Waals surface area (Å²) in [5.74, 6) is 0.940. The Labute approximate surface area is 196 Å². The number of nitrogens with zero attached hydrogens (tertiary/aromatic N) is 1. The van der Waals surface area contributed by atoms with E-state index >= 15 is 0 Å². The number of carbonyl (C=O) groups is 1. The van der Waals surface area contributed by atoms with Crippen LogP contribution in [-0.2, 0) is 11.3 Å². The smallest absolute Gasteiger partial charge is 0.336 e. The zero-order valence-electron chi connectivity index (χ0n) is 16.7. The van der Waals surface area contributed by atoms with Crippen molar-refractivity contribution in [2.45, 2.75) is 12.6 Å². The summed E-state index contributed by atoms with van der Waals surface area (Å²) in [6, 6.07) is 13.5. The van der Waals surface area contributed by atoms with E-state index in [0.29, 0.717) is 26.9 Å². The number of methoxy groups -OCH3 is 1. The topological polar surface area (TPSA) is 66.8 Å². The molecule has 1 unspecified atom stereocenters. The van der Waals surface area contributed by atoms with Crippen molar-refractivity contribution in [2.75, 3.05) is 7.11 Å². The number of carboxylic acids is 1. The highest BCUT2D eigenvalue weighted by molar-refractivity contribution is 9.10. The van der Waals surface area contributed by atoms with Crippen LogP contribution in [0, 0.1) is 5.82 Å². The third-order valence-corrected chi connectivity index (χ3v) is 6.17. The van der Waals surface area contributed by atoms with Crippen LogP contribution in [0.15, 0.2) is 59.1 Å². The van der Waals surface area contributed by atoms with Gasteiger partial charge < -0.3 is 14.7 Å². The van der Waals surface area contributed by atoms with Crippen LogP contribution in [0.1, 0.15) is 38.7 Å². The number of carboxylic acid groups (broad SMARTS) is 1. The average molecular weight is 517 g/mol. The van der Waals surface area contributed by atoms with Crippen LogP contribution in [0.2, 0.25) is 5.02 Å². The van der Waals surface area contributed by atoms with Crippen LogP contribution in [0.4, 0.5) is 4.39 Å². The van der Waals surface area contributed by atoms with Crippen molar-refractivity contribution < 1.29 is 23.8 Å². The Bertz CT molecular complexity index is 1270. The van der Waals surface area contributed by atoms with E-state index in [1.807, 2.05) is 18.1 Å². The fourth-order valence-electron chi connectivity index (χ4n) is 3.98. The van der Waals surface area contributed by atoms with Crippen LogP contribution < -0.4 is 4.74 Å². The van der Waals surface area contributed by atoms with Crippen molar-refractivity contribution in [1.29, 1.82) is 0 Å². The molecule has 0 spiro atoms. The molecule has 0 amide bonds. The Hall–Kier alpha value is -3.12. The number of hydrogen-bond acceptors (Lipinski definition) is 4. The summed E-state index contributed by atoms with van der Waals surface area (Å²) in [5.41, 5.74) is 2.12. The second-order valence-corrected chi connectivity index (χ2v) is 8.54. The van der Waals surface area contributed by atoms with Crippen LogP contribution in [-0.4, -0.2) is 29.0 Å². The van der Waals surface area contributed by atoms with Crippen molar-refractivity contribution in [3.63, 3.8) is 0 Å². The Kier molecular flexibility index (Phi) is 6.07. The summed E-state index contributed by atoms with van der Waals surface area (Å²) in [7, 11) is 1.56. The minimum atomic E-state index is -1.17. The molecule has 32 heavy (non-hydrogen) atoms. The maximum Gasteiger partial charge on any atom is 0.336 e. The van der Waals surface area contributed by atoms with Gasteiger partial charge in [-0.2, -0.15) is 0 Å². The van der Waals surface area contributed by atoms with E-state index in [1.165, 1.54) is 24.3 Å². The van der Waals surface area contributed by atoms with E-state index in [0.717, 1.165) is 5.56 Å². The van der Waals surface area contributed by atoms with Gasteiger partial charge in [0.1, 0.15) is 17.3 Å². The summed E-state index contributed by atoms with van der Waals surface area (Å²) in [5, 5.41) is 10.1. The molecule has 1 N–H and O–H groups in total. The molecule has 0 saturated carbocycles. The number of fused-ring (bicyclic) bond motifs is 1. The predicted octanol–water partition coefficient (Wildman–Crippen LogP) is 5.73. The molecule has 0 fully saturated rings. The van der Waals surface area contributed by atoms with Crippen molar-refractivity contribution in [2.24, 2.45) is 0 Å². The van der Waals surface area contributed by atoms with E-state index in [4.69, 9.17) is 16.3 Å². The molecule has 1 aliphatic heterocycles. The molecule has 3 aromatic carbocycles. The summed E-state index contributed by atoms with van der Waals surface area (Å²) >= 11 is 9.75. The lowest BCUT2D eigenvalue weighted by Gasteiger charge is -2.28. The van der Waals surface area contributed by atoms with Crippen LogP contribution in [0.5, 0.6) is 5.75 Å². The molecule has 0 radical (unpaired) electrons. The highest BCUT2D eigenvalue weighted by atomic mass is 79.9. The van der Waals surface area contributed by atoms with E-state index < -0.39 is 17.8 Å². The van der Waals surface area contributed by atoms with Gasteiger partial charge in [-0.3, -0.25) is 0 Å². The Morgan fingerprint density at radius 1 is 1.22 bits per heavy atom. The number of hydrogen-bond donors (Lipinski definition) is 1. The lowest BCUT2D eigenvalue weighted by Crippen LogP contribution is -2.23. The minimum Gasteiger partial charge on any atom is -0.497 e. The normalized spacial score (nSPS) is 14.8. The number of aromatic carboxylic acids is 1. The molecular weight excluding hydrogens is 501 g/mol. The lowest BCUT2D eigenvalue weighted by molar-refractivity contribution is 0.0694. The monoisotopic (exact) mass is 515 g/mol. The maximum absolute atomic E-state index is 14.2. The molecule has 1 aliphatic rings. The molecule has 1 heterocycles. The van der Waals surface area contributed by atoms with Gasteiger partial charge in [0.25, 0.3) is 0 Å². The Morgan fingerprint density at radius 3 is 2.56 bits per heavy atom. The van der Waals surface area contributed by atoms with Gasteiger partial charge in [-0.05, 0) is 48.0 Å². The van der Waals surface area contributed by atoms with Crippen LogP contribution >= 0.6 is 27.5 Å². The van der Waals surface area contributed by atoms with Gasteiger partial charge in [-0.1, -0.05) is 39.7 Å². The van der Waals surface area contributed by atoms with E-state index in [-0.39, 0.29) is 22.8 Å². The largest absolute Gasteiger partial charge is 0.497 e. The molecular formula is C24H16BrClFNO4. The first kappa shape index (κ1) is 22.1. The first-order chi connectivity index (χ1) is 15.3. The number of rotatable bonds is 5. The Balaban J connectivity index is 1.95. The average Bonchev–Trinajstić information content (AvgIpc) is 3.07. The molecule has 0 saturated heterocycles. The molecule has 0 aliphatic carbocycles. The van der Waals surface area contributed by atoms with E-state index in [9.17, 15) is 19.1 Å². The maximum atomic E-state index is 14.2. The third-order valence-electron chi connectivity index (χ3n) is 5.36. The van der Waals surface area contributed by atoms with Crippen molar-refractivity contribution in [3.05, 3.63) is 97.7 Å². The standard InChI is InChI=1S/C24H16BrClFNO4/c1-32-16-5-2-13(3-6-16)11-28-21(12-29)18-8-14(25)9-19(24(30)31)22(18)23(28)17-10-15(27)4-7-20(17)26/h2-10,23H,11H2,1H3,(H,30,31). The summed E-state index contributed by atoms with van der Waals surface area (Å²) < 4.78 is 19.9. The number of ether oxygens (including phenoxy) is 1. The lowest BCUT2D eigenvalue weighted by atomic mass is 9.92. The number of carbonyl (C=O) groups excluding carboxylic acids is 1. The SMILES string of the molecule is COc1ccc(CN2C(=C=O)c3cc(Br)cc(C(=O)O)c3C2c2cc(F)ccc2Cl)cc1. The van der Waals surface area contributed by atoms with Crippen molar-refractivity contribution in [1.82, 2.24) is 4.90 Å². The fraction of sp³-hybridized carbons (Fsp3) is 0.125. The predicted molar refractivity (Wildman–Crippen MR) is 122 cm³/mol. The van der Waals surface area contributed by atoms with Gasteiger partial charge in [0.05, 0.1) is 18.7 Å². The Morgan fingerprint density at radius 2 is 1.94 bits per heavy atom. The summed E-state index contributed by atoms with van der Waals surface area (Å²) in [6.45, 7) is 0.234. The second kappa shape index (κ2) is 8.79. The number of halogens is 3. The van der Waals surface area contributed by atoms with Crippen molar-refractivity contribution in [3.8, 4) is 5.75 Å². The molecule has 0 aromatic heterocycles. The fourth-order valence-corrected chi connectivity index (χ4v) is 4.66. The molecule has 4 rings (SSSR count). The summed E-state index contributed by atoms with van der Waals surface area (Å²) in [4.78, 5) is 25.9. The van der Waals surface area contributed by atoms with Crippen molar-refractivity contribution >= 4 is 45.1 Å². The van der Waals surface area contributed by atoms with Crippen LogP contribution in [0.3, 0.4) is 0 Å². The number of benzene rings is 3. The molecule has 1 atom stereocenters. The van der Waals surface area contributed by atoms with E-state index in [1.54, 1.807) is 30.2 Å². The van der Waals surface area contributed by atoms with Gasteiger partial charge in [-0.15, -0.1) is 0 Å². The highest BCUT2D eigenvalue weighted by Crippen LogP contribution is 2.49. The van der Waals surface area contributed by atoms with Gasteiger partial charge in [-0.25, -0.2) is 14.0 Å². The van der Waals surface area contributed by atoms with Gasteiger partial charge in [0.2, 0.25) is 0 Å². The minimum absolute atomic E-state index is 0.00955. The molecule has 5 nitrogen and oxygen atoms in total. The summed E-state index contributed by atoms with van der Waals surface area (Å²) in [6.07, 6.45) is 0. The first-order valence-corrected chi connectivity index (χ1v) is 10.7. The molecule has 8 heteroatoms. The first-order valence-electron chi connectivity index (χ1n) is 9.50. The van der Waals surface area contributed by atoms with E-state index in [2.05, 4.69) is 15.9 Å². The quantitative estimate of drug-likeness (QED) is 0.439. The van der Waals surface area contributed by atoms with Crippen LogP contribution in [0.25, 0.3) is 5.70 Å². The van der Waals surface area contributed by atoms with Gasteiger partial charge in [0, 0.05) is 32.7 Å². The highest BCUT2D eigenvalue weighted by Gasteiger charge is 2.40. The van der Waals surface area contributed by atoms with Gasteiger partial charge in [0.15, 0.2) is 5.94 Å². The second-order valence-electron chi connectivity index (χ2n) is 7.21. The molecule has 162 valence electrons. The third kappa shape index (κ3) is 3.91. The molecule has 3 aromatic rings. The van der Waals surface area contributed by atoms with Gasteiger partial charge >= 0.3 is 5.97 Å².